The van der Waals surface area contributed by atoms with Gasteiger partial charge in [-0.15, -0.1) is 0 Å². The molecule has 0 aliphatic heterocycles. The van der Waals surface area contributed by atoms with Crippen LogP contribution in [0.4, 0.5) is 0 Å². The van der Waals surface area contributed by atoms with Crippen molar-refractivity contribution in [2.45, 2.75) is 270 Å². The third-order valence-electron chi connectivity index (χ3n) is 11.4. The number of aliphatic hydroxyl groups excluding tert-OH is 2. The van der Waals surface area contributed by atoms with E-state index in [1.807, 2.05) is 0 Å². The van der Waals surface area contributed by atoms with Gasteiger partial charge in [0.25, 0.3) is 0 Å². The topological polar surface area (TPSA) is 95.9 Å². The second kappa shape index (κ2) is 46.9. The molecule has 0 bridgehead atoms. The minimum absolute atomic E-state index is 0.0570. The average Bonchev–Trinajstić information content (AvgIpc) is 3.23. The zero-order chi connectivity index (χ0) is 43.1. The number of ether oxygens (including phenoxy) is 1. The zero-order valence-corrected chi connectivity index (χ0v) is 39.1. The van der Waals surface area contributed by atoms with Gasteiger partial charge in [-0.05, 0) is 89.9 Å². The van der Waals surface area contributed by atoms with Crippen LogP contribution in [0, 0.1) is 0 Å². The molecule has 3 N–H and O–H groups in total. The van der Waals surface area contributed by atoms with Crippen LogP contribution in [0.3, 0.4) is 0 Å². The van der Waals surface area contributed by atoms with Gasteiger partial charge in [0.15, 0.2) is 0 Å². The maximum atomic E-state index is 13.2. The average molecular weight is 828 g/mol. The van der Waals surface area contributed by atoms with Gasteiger partial charge in [-0.2, -0.15) is 0 Å². The van der Waals surface area contributed by atoms with Crippen LogP contribution in [-0.2, 0) is 14.3 Å². The number of nitrogens with one attached hydrogen (secondary N) is 1. The van der Waals surface area contributed by atoms with Crippen LogP contribution in [0.2, 0.25) is 0 Å². The van der Waals surface area contributed by atoms with E-state index in [2.05, 4.69) is 74.7 Å². The molecule has 6 heteroatoms. The van der Waals surface area contributed by atoms with Crippen molar-refractivity contribution in [1.82, 2.24) is 5.32 Å². The lowest BCUT2D eigenvalue weighted by molar-refractivity contribution is -0.151. The van der Waals surface area contributed by atoms with Crippen molar-refractivity contribution in [2.24, 2.45) is 0 Å². The molecule has 3 atom stereocenters. The molecule has 1 amide bonds. The number of allylic oxidation sites excluding steroid dienone is 8. The largest absolute Gasteiger partial charge is 0.462 e. The Bertz CT molecular complexity index is 1020. The third-order valence-corrected chi connectivity index (χ3v) is 11.4. The first kappa shape index (κ1) is 56.8. The molecule has 0 aliphatic carbocycles. The first-order chi connectivity index (χ1) is 29.0. The predicted octanol–water partition coefficient (Wildman–Crippen LogP) is 15.1. The molecule has 6 nitrogen and oxygen atoms in total. The van der Waals surface area contributed by atoms with Crippen LogP contribution in [-0.4, -0.2) is 46.9 Å². The molecule has 0 rings (SSSR count). The van der Waals surface area contributed by atoms with Gasteiger partial charge in [-0.25, -0.2) is 0 Å². The number of amides is 1. The van der Waals surface area contributed by atoms with Gasteiger partial charge >= 0.3 is 5.97 Å². The van der Waals surface area contributed by atoms with Crippen molar-refractivity contribution in [3.63, 3.8) is 0 Å². The van der Waals surface area contributed by atoms with E-state index in [0.717, 1.165) is 89.9 Å². The predicted molar refractivity (Wildman–Crippen MR) is 255 cm³/mol. The lowest BCUT2D eigenvalue weighted by atomic mass is 10.0. The molecular weight excluding hydrogens is 731 g/mol. The van der Waals surface area contributed by atoms with Gasteiger partial charge in [0.1, 0.15) is 6.10 Å². The minimum Gasteiger partial charge on any atom is -0.462 e. The quantitative estimate of drug-likeness (QED) is 0.0323. The number of carbonyl (C=O) groups excluding carboxylic acids is 2. The fraction of sp³-hybridized carbons (Fsp3) is 0.811. The minimum atomic E-state index is -0.794. The molecule has 344 valence electrons. The van der Waals surface area contributed by atoms with E-state index in [1.165, 1.54) is 116 Å². The third kappa shape index (κ3) is 42.3. The molecule has 0 saturated carbocycles. The molecule has 0 aromatic heterocycles. The summed E-state index contributed by atoms with van der Waals surface area (Å²) in [7, 11) is 0. The molecule has 0 aliphatic rings. The van der Waals surface area contributed by atoms with Crippen molar-refractivity contribution in [2.75, 3.05) is 6.61 Å². The number of rotatable bonds is 45. The summed E-state index contributed by atoms with van der Waals surface area (Å²) in [5.41, 5.74) is 0. The van der Waals surface area contributed by atoms with E-state index in [4.69, 9.17) is 4.74 Å². The smallest absolute Gasteiger partial charge is 0.306 e. The summed E-state index contributed by atoms with van der Waals surface area (Å²) in [5.74, 6) is -0.512. The van der Waals surface area contributed by atoms with E-state index in [-0.39, 0.29) is 24.9 Å². The van der Waals surface area contributed by atoms with Crippen LogP contribution >= 0.6 is 0 Å². The Morgan fingerprint density at radius 2 is 0.864 bits per heavy atom. The number of carbonyl (C=O) groups is 2. The molecule has 59 heavy (non-hydrogen) atoms. The van der Waals surface area contributed by atoms with Gasteiger partial charge in [0.2, 0.25) is 5.91 Å². The van der Waals surface area contributed by atoms with Gasteiger partial charge in [-0.3, -0.25) is 9.59 Å². The van der Waals surface area contributed by atoms with Crippen LogP contribution in [0.5, 0.6) is 0 Å². The Balaban J connectivity index is 4.66. The lowest BCUT2D eigenvalue weighted by Crippen LogP contribution is -2.46. The highest BCUT2D eigenvalue weighted by atomic mass is 16.5. The summed E-state index contributed by atoms with van der Waals surface area (Å²) in [4.78, 5) is 26.1. The fourth-order valence-electron chi connectivity index (χ4n) is 7.49. The Hall–Kier alpha value is -2.18. The van der Waals surface area contributed by atoms with Crippen LogP contribution in [0.1, 0.15) is 252 Å². The number of hydrogen-bond acceptors (Lipinski definition) is 5. The highest BCUT2D eigenvalue weighted by Gasteiger charge is 2.24. The molecule has 0 saturated heterocycles. The summed E-state index contributed by atoms with van der Waals surface area (Å²) in [6.07, 6.45) is 56.0. The van der Waals surface area contributed by atoms with Gasteiger partial charge in [-0.1, -0.05) is 198 Å². The fourth-order valence-corrected chi connectivity index (χ4v) is 7.49. The van der Waals surface area contributed by atoms with Crippen molar-refractivity contribution < 1.29 is 24.5 Å². The monoisotopic (exact) mass is 828 g/mol. The number of aliphatic hydroxyl groups is 2. The van der Waals surface area contributed by atoms with E-state index < -0.39 is 18.2 Å². The van der Waals surface area contributed by atoms with Crippen molar-refractivity contribution in [3.8, 4) is 0 Å². The van der Waals surface area contributed by atoms with Gasteiger partial charge in [0, 0.05) is 6.42 Å². The number of esters is 1. The van der Waals surface area contributed by atoms with Crippen LogP contribution in [0.15, 0.2) is 48.6 Å². The van der Waals surface area contributed by atoms with Gasteiger partial charge in [0.05, 0.1) is 25.2 Å². The Morgan fingerprint density at radius 3 is 1.36 bits per heavy atom. The van der Waals surface area contributed by atoms with Crippen LogP contribution in [0.25, 0.3) is 0 Å². The first-order valence-corrected chi connectivity index (χ1v) is 25.4. The molecule has 0 heterocycles. The first-order valence-electron chi connectivity index (χ1n) is 25.4. The van der Waals surface area contributed by atoms with E-state index >= 15 is 0 Å². The van der Waals surface area contributed by atoms with Crippen molar-refractivity contribution in [3.05, 3.63) is 48.6 Å². The normalized spacial score (nSPS) is 13.6. The number of unbranched alkanes of at least 4 members (excludes halogenated alkanes) is 25. The standard InChI is InChI=1S/C53H97NO5/c1-4-7-10-13-16-19-21-23-25-26-27-28-30-33-35-38-41-44-49(59-53(58)46-43-40-37-34-31-29-24-22-20-17-14-11-8-5-2)47-52(57)54-50(48-55)51(56)45-42-39-36-32-18-15-12-9-6-3/h16,19,23,25,27-29,31,49-51,55-56H,4-15,17-18,20-22,24,26,30,32-48H2,1-3H3,(H,54,57)/b19-16-,25-23-,28-27-,31-29-. The Kier molecular flexibility index (Phi) is 45.1. The van der Waals surface area contributed by atoms with E-state index in [0.29, 0.717) is 19.3 Å². The molecule has 0 aromatic rings. The van der Waals surface area contributed by atoms with Crippen LogP contribution < -0.4 is 5.32 Å². The summed E-state index contributed by atoms with van der Waals surface area (Å²) < 4.78 is 5.91. The highest BCUT2D eigenvalue weighted by molar-refractivity contribution is 5.77. The second-order valence-corrected chi connectivity index (χ2v) is 17.2. The Labute approximate surface area is 366 Å². The summed E-state index contributed by atoms with van der Waals surface area (Å²) in [6, 6.07) is -0.710. The molecule has 0 fully saturated rings. The lowest BCUT2D eigenvalue weighted by Gasteiger charge is -2.24. The van der Waals surface area contributed by atoms with Gasteiger partial charge < -0.3 is 20.3 Å². The molecular formula is C53H97NO5. The SMILES string of the molecule is CCCCC/C=C\C/C=C\C/C=C\CCCCCCC(CC(=O)NC(CO)C(O)CCCCCCCCCCC)OC(=O)CCCCC/C=C\CCCCCCCCC. The maximum Gasteiger partial charge on any atom is 0.306 e. The summed E-state index contributed by atoms with van der Waals surface area (Å²) in [5, 5.41) is 23.7. The molecule has 0 radical (unpaired) electrons. The second-order valence-electron chi connectivity index (χ2n) is 17.2. The zero-order valence-electron chi connectivity index (χ0n) is 39.1. The summed E-state index contributed by atoms with van der Waals surface area (Å²) >= 11 is 0. The number of hydrogen-bond donors (Lipinski definition) is 3. The summed E-state index contributed by atoms with van der Waals surface area (Å²) in [6.45, 7) is 6.42. The highest BCUT2D eigenvalue weighted by Crippen LogP contribution is 2.17. The molecule has 3 unspecified atom stereocenters. The van der Waals surface area contributed by atoms with Crippen molar-refractivity contribution >= 4 is 11.9 Å². The van der Waals surface area contributed by atoms with E-state index in [1.54, 1.807) is 0 Å². The van der Waals surface area contributed by atoms with E-state index in [9.17, 15) is 19.8 Å². The molecule has 0 aromatic carbocycles. The Morgan fingerprint density at radius 1 is 0.492 bits per heavy atom. The van der Waals surface area contributed by atoms with Crippen molar-refractivity contribution in [1.29, 1.82) is 0 Å². The molecule has 0 spiro atoms. The maximum absolute atomic E-state index is 13.2.